The zero-order valence-corrected chi connectivity index (χ0v) is 14.7. The second-order valence-electron chi connectivity index (χ2n) is 5.36. The van der Waals surface area contributed by atoms with Gasteiger partial charge in [0.1, 0.15) is 11.5 Å². The maximum absolute atomic E-state index is 12.7. The van der Waals surface area contributed by atoms with Gasteiger partial charge in [-0.3, -0.25) is 4.79 Å². The molecule has 3 rings (SSSR count). The van der Waals surface area contributed by atoms with Gasteiger partial charge in [-0.1, -0.05) is 24.3 Å². The van der Waals surface area contributed by atoms with Crippen LogP contribution < -0.4 is 14.4 Å². The van der Waals surface area contributed by atoms with E-state index < -0.39 is 0 Å². The van der Waals surface area contributed by atoms with Gasteiger partial charge >= 0.3 is 0 Å². The van der Waals surface area contributed by atoms with Crippen LogP contribution in [0.4, 0.5) is 5.69 Å². The number of para-hydroxylation sites is 1. The van der Waals surface area contributed by atoms with Crippen LogP contribution in [0.15, 0.2) is 72.1 Å². The lowest BCUT2D eigenvalue weighted by Gasteiger charge is -2.22. The fourth-order valence-corrected chi connectivity index (χ4v) is 3.08. The fraction of sp³-hybridized carbons (Fsp3) is 0.150. The number of amides is 1. The molecule has 0 N–H and O–H groups in total. The number of methoxy groups -OCH3 is 1. The Morgan fingerprint density at radius 3 is 2.32 bits per heavy atom. The summed E-state index contributed by atoms with van der Waals surface area (Å²) in [5.74, 6) is 1.30. The van der Waals surface area contributed by atoms with E-state index in [4.69, 9.17) is 9.47 Å². The Morgan fingerprint density at radius 1 is 0.960 bits per heavy atom. The van der Waals surface area contributed by atoms with Gasteiger partial charge in [0.05, 0.1) is 13.7 Å². The van der Waals surface area contributed by atoms with E-state index in [1.54, 1.807) is 47.6 Å². The van der Waals surface area contributed by atoms with Crippen LogP contribution in [0.25, 0.3) is 0 Å². The topological polar surface area (TPSA) is 38.8 Å². The SMILES string of the molecule is COc1ccc(OCC(=O)N(Cc2cccs2)c2ccccc2)cc1. The zero-order chi connectivity index (χ0) is 17.5. The van der Waals surface area contributed by atoms with E-state index in [9.17, 15) is 4.79 Å². The molecular formula is C20H19NO3S. The molecule has 4 nitrogen and oxygen atoms in total. The Labute approximate surface area is 151 Å². The van der Waals surface area contributed by atoms with Crippen LogP contribution in [0, 0.1) is 0 Å². The molecule has 0 aliphatic heterocycles. The maximum atomic E-state index is 12.7. The Kier molecular flexibility index (Phi) is 5.69. The van der Waals surface area contributed by atoms with Crippen LogP contribution in [0.2, 0.25) is 0 Å². The molecule has 0 saturated carbocycles. The first-order valence-electron chi connectivity index (χ1n) is 7.91. The van der Waals surface area contributed by atoms with Crippen molar-refractivity contribution < 1.29 is 14.3 Å². The highest BCUT2D eigenvalue weighted by Gasteiger charge is 2.17. The van der Waals surface area contributed by atoms with E-state index in [-0.39, 0.29) is 12.5 Å². The number of benzene rings is 2. The standard InChI is InChI=1S/C20H19NO3S/c1-23-17-9-11-18(12-10-17)24-15-20(22)21(14-19-8-5-13-25-19)16-6-3-2-4-7-16/h2-13H,14-15H2,1H3. The molecule has 0 radical (unpaired) electrons. The molecule has 0 atom stereocenters. The monoisotopic (exact) mass is 353 g/mol. The molecule has 2 aromatic carbocycles. The number of nitrogens with zero attached hydrogens (tertiary/aromatic N) is 1. The van der Waals surface area contributed by atoms with E-state index in [2.05, 4.69) is 0 Å². The van der Waals surface area contributed by atoms with Gasteiger partial charge in [-0.05, 0) is 47.8 Å². The van der Waals surface area contributed by atoms with Crippen molar-refractivity contribution in [1.29, 1.82) is 0 Å². The molecule has 0 aliphatic rings. The molecule has 1 amide bonds. The average Bonchev–Trinajstić information content (AvgIpc) is 3.18. The first-order chi connectivity index (χ1) is 12.3. The quantitative estimate of drug-likeness (QED) is 0.633. The van der Waals surface area contributed by atoms with Crippen molar-refractivity contribution in [3.63, 3.8) is 0 Å². The van der Waals surface area contributed by atoms with Gasteiger partial charge in [-0.15, -0.1) is 11.3 Å². The lowest BCUT2D eigenvalue weighted by Crippen LogP contribution is -2.34. The molecule has 1 heterocycles. The smallest absolute Gasteiger partial charge is 0.265 e. The van der Waals surface area contributed by atoms with Gasteiger partial charge < -0.3 is 14.4 Å². The minimum atomic E-state index is -0.0876. The van der Waals surface area contributed by atoms with Crippen molar-refractivity contribution >= 4 is 22.9 Å². The van der Waals surface area contributed by atoms with Gasteiger partial charge in [0.15, 0.2) is 6.61 Å². The predicted molar refractivity (Wildman–Crippen MR) is 100 cm³/mol. The lowest BCUT2D eigenvalue weighted by atomic mass is 10.2. The molecule has 0 aliphatic carbocycles. The maximum Gasteiger partial charge on any atom is 0.265 e. The Balaban J connectivity index is 1.70. The van der Waals surface area contributed by atoms with Crippen LogP contribution in [0.5, 0.6) is 11.5 Å². The molecule has 3 aromatic rings. The summed E-state index contributed by atoms with van der Waals surface area (Å²) in [4.78, 5) is 15.6. The number of thiophene rings is 1. The Morgan fingerprint density at radius 2 is 1.68 bits per heavy atom. The Bertz CT molecular complexity index is 786. The molecule has 0 bridgehead atoms. The van der Waals surface area contributed by atoms with Crippen molar-refractivity contribution in [1.82, 2.24) is 0 Å². The van der Waals surface area contributed by atoms with Crippen LogP contribution >= 0.6 is 11.3 Å². The molecule has 1 aromatic heterocycles. The van der Waals surface area contributed by atoms with Crippen molar-refractivity contribution in [2.75, 3.05) is 18.6 Å². The number of carbonyl (C=O) groups excluding carboxylic acids is 1. The summed E-state index contributed by atoms with van der Waals surface area (Å²) < 4.78 is 10.8. The predicted octanol–water partition coefficient (Wildman–Crippen LogP) is 4.37. The first-order valence-corrected chi connectivity index (χ1v) is 8.79. The van der Waals surface area contributed by atoms with E-state index in [0.717, 1.165) is 16.3 Å². The number of hydrogen-bond acceptors (Lipinski definition) is 4. The summed E-state index contributed by atoms with van der Waals surface area (Å²) in [6, 6.07) is 20.8. The third-order valence-corrected chi connectivity index (χ3v) is 4.55. The average molecular weight is 353 g/mol. The fourth-order valence-electron chi connectivity index (χ4n) is 2.38. The molecule has 128 valence electrons. The second kappa shape index (κ2) is 8.35. The van der Waals surface area contributed by atoms with E-state index in [1.807, 2.05) is 47.8 Å². The number of anilines is 1. The molecule has 0 fully saturated rings. The number of carbonyl (C=O) groups is 1. The summed E-state index contributed by atoms with van der Waals surface area (Å²) in [6.07, 6.45) is 0. The highest BCUT2D eigenvalue weighted by Crippen LogP contribution is 2.21. The molecule has 0 unspecified atom stereocenters. The third kappa shape index (κ3) is 4.61. The first kappa shape index (κ1) is 17.0. The van der Waals surface area contributed by atoms with Gasteiger partial charge in [0.25, 0.3) is 5.91 Å². The summed E-state index contributed by atoms with van der Waals surface area (Å²) in [6.45, 7) is 0.513. The van der Waals surface area contributed by atoms with Gasteiger partial charge in [-0.2, -0.15) is 0 Å². The van der Waals surface area contributed by atoms with Crippen LogP contribution in [-0.4, -0.2) is 19.6 Å². The van der Waals surface area contributed by atoms with Gasteiger partial charge in [0.2, 0.25) is 0 Å². The summed E-state index contributed by atoms with van der Waals surface area (Å²) >= 11 is 1.63. The van der Waals surface area contributed by atoms with Crippen molar-refractivity contribution in [3.05, 3.63) is 77.0 Å². The highest BCUT2D eigenvalue weighted by atomic mass is 32.1. The second-order valence-corrected chi connectivity index (χ2v) is 6.39. The zero-order valence-electron chi connectivity index (χ0n) is 13.9. The number of ether oxygens (including phenoxy) is 2. The van der Waals surface area contributed by atoms with Crippen molar-refractivity contribution in [2.24, 2.45) is 0 Å². The number of rotatable bonds is 7. The largest absolute Gasteiger partial charge is 0.497 e. The summed E-state index contributed by atoms with van der Waals surface area (Å²) in [7, 11) is 1.61. The minimum Gasteiger partial charge on any atom is -0.497 e. The molecular weight excluding hydrogens is 334 g/mol. The summed E-state index contributed by atoms with van der Waals surface area (Å²) in [5, 5.41) is 2.01. The normalized spacial score (nSPS) is 10.3. The Hall–Kier alpha value is -2.79. The van der Waals surface area contributed by atoms with Crippen molar-refractivity contribution in [3.8, 4) is 11.5 Å². The molecule has 0 saturated heterocycles. The van der Waals surface area contributed by atoms with Gasteiger partial charge in [-0.25, -0.2) is 0 Å². The molecule has 25 heavy (non-hydrogen) atoms. The van der Waals surface area contributed by atoms with Crippen LogP contribution in [-0.2, 0) is 11.3 Å². The van der Waals surface area contributed by atoms with E-state index in [0.29, 0.717) is 12.3 Å². The molecule has 0 spiro atoms. The van der Waals surface area contributed by atoms with Crippen molar-refractivity contribution in [2.45, 2.75) is 6.54 Å². The van der Waals surface area contributed by atoms with Gasteiger partial charge in [0, 0.05) is 10.6 Å². The summed E-state index contributed by atoms with van der Waals surface area (Å²) in [5.41, 5.74) is 0.860. The van der Waals surface area contributed by atoms with Crippen LogP contribution in [0.1, 0.15) is 4.88 Å². The third-order valence-electron chi connectivity index (χ3n) is 3.68. The molecule has 5 heteroatoms. The van der Waals surface area contributed by atoms with Crippen LogP contribution in [0.3, 0.4) is 0 Å². The van der Waals surface area contributed by atoms with E-state index >= 15 is 0 Å². The lowest BCUT2D eigenvalue weighted by molar-refractivity contribution is -0.120. The minimum absolute atomic E-state index is 0.0212. The highest BCUT2D eigenvalue weighted by molar-refractivity contribution is 7.09. The van der Waals surface area contributed by atoms with E-state index in [1.165, 1.54) is 0 Å². The number of hydrogen-bond donors (Lipinski definition) is 0.